The number of rotatable bonds is 4. The van der Waals surface area contributed by atoms with Crippen molar-refractivity contribution >= 4 is 10.1 Å². The van der Waals surface area contributed by atoms with Crippen LogP contribution >= 0.6 is 0 Å². The van der Waals surface area contributed by atoms with Crippen LogP contribution in [0.2, 0.25) is 0 Å². The molecule has 1 unspecified atom stereocenters. The maximum atomic E-state index is 12.5. The zero-order valence-electron chi connectivity index (χ0n) is 9.07. The first-order chi connectivity index (χ1) is 7.68. The van der Waals surface area contributed by atoms with Crippen molar-refractivity contribution in [1.82, 2.24) is 0 Å². The molecule has 0 bridgehead atoms. The SMILES string of the molecule is O=S(=O)([O-])CC(OC1CCCCC1)C(F)(F)F. The molecule has 8 heteroatoms. The minimum atomic E-state index is -4.95. The van der Waals surface area contributed by atoms with Crippen LogP contribution in [0.15, 0.2) is 0 Å². The molecule has 1 aliphatic carbocycles. The van der Waals surface area contributed by atoms with E-state index in [0.29, 0.717) is 12.8 Å². The van der Waals surface area contributed by atoms with Gasteiger partial charge in [-0.25, -0.2) is 8.42 Å². The van der Waals surface area contributed by atoms with Gasteiger partial charge in [-0.2, -0.15) is 13.2 Å². The zero-order valence-corrected chi connectivity index (χ0v) is 9.89. The van der Waals surface area contributed by atoms with Gasteiger partial charge in [0.15, 0.2) is 6.10 Å². The molecule has 0 aromatic carbocycles. The standard InChI is InChI=1S/C9H15F3O4S/c10-9(11,12)8(6-17(13,14)15)16-7-4-2-1-3-5-7/h7-8H,1-6H2,(H,13,14,15)/p-1. The van der Waals surface area contributed by atoms with Crippen molar-refractivity contribution in [2.24, 2.45) is 0 Å². The Morgan fingerprint density at radius 2 is 1.76 bits per heavy atom. The van der Waals surface area contributed by atoms with Gasteiger partial charge < -0.3 is 9.29 Å². The quantitative estimate of drug-likeness (QED) is 0.734. The van der Waals surface area contributed by atoms with Gasteiger partial charge in [-0.3, -0.25) is 0 Å². The second-order valence-corrected chi connectivity index (χ2v) is 5.60. The van der Waals surface area contributed by atoms with Crippen LogP contribution in [0.4, 0.5) is 13.2 Å². The van der Waals surface area contributed by atoms with Crippen molar-refractivity contribution in [1.29, 1.82) is 0 Å². The van der Waals surface area contributed by atoms with E-state index in [9.17, 15) is 26.1 Å². The fraction of sp³-hybridized carbons (Fsp3) is 1.00. The molecular weight excluding hydrogens is 261 g/mol. The lowest BCUT2D eigenvalue weighted by atomic mass is 9.98. The highest BCUT2D eigenvalue weighted by Crippen LogP contribution is 2.29. The van der Waals surface area contributed by atoms with Crippen LogP contribution in [0.1, 0.15) is 32.1 Å². The van der Waals surface area contributed by atoms with E-state index in [1.54, 1.807) is 0 Å². The van der Waals surface area contributed by atoms with Crippen molar-refractivity contribution in [3.05, 3.63) is 0 Å². The molecule has 0 spiro atoms. The predicted octanol–water partition coefficient (Wildman–Crippen LogP) is 1.81. The molecule has 102 valence electrons. The largest absolute Gasteiger partial charge is 0.748 e. The highest BCUT2D eigenvalue weighted by molar-refractivity contribution is 7.85. The molecule has 0 N–H and O–H groups in total. The van der Waals surface area contributed by atoms with Crippen LogP contribution in [-0.2, 0) is 14.9 Å². The van der Waals surface area contributed by atoms with Crippen molar-refractivity contribution < 1.29 is 30.9 Å². The predicted molar refractivity (Wildman–Crippen MR) is 52.4 cm³/mol. The third-order valence-electron chi connectivity index (χ3n) is 2.63. The van der Waals surface area contributed by atoms with Gasteiger partial charge in [-0.05, 0) is 12.8 Å². The van der Waals surface area contributed by atoms with Crippen LogP contribution in [0.25, 0.3) is 0 Å². The van der Waals surface area contributed by atoms with Crippen LogP contribution in [0.5, 0.6) is 0 Å². The Morgan fingerprint density at radius 1 is 1.24 bits per heavy atom. The monoisotopic (exact) mass is 275 g/mol. The molecule has 0 heterocycles. The van der Waals surface area contributed by atoms with Crippen molar-refractivity contribution in [2.75, 3.05) is 5.75 Å². The Hall–Kier alpha value is -0.340. The fourth-order valence-corrected chi connectivity index (χ4v) is 2.47. The molecular formula is C9H14F3O4S-. The van der Waals surface area contributed by atoms with Crippen LogP contribution < -0.4 is 0 Å². The van der Waals surface area contributed by atoms with E-state index in [0.717, 1.165) is 19.3 Å². The summed E-state index contributed by atoms with van der Waals surface area (Å²) in [6, 6.07) is 0. The Bertz CT molecular complexity index is 333. The molecule has 0 radical (unpaired) electrons. The van der Waals surface area contributed by atoms with Gasteiger partial charge in [0.1, 0.15) is 0 Å². The summed E-state index contributed by atoms with van der Waals surface area (Å²) in [5, 5.41) is 0. The van der Waals surface area contributed by atoms with E-state index in [2.05, 4.69) is 0 Å². The van der Waals surface area contributed by atoms with Crippen LogP contribution in [0, 0.1) is 0 Å². The second-order valence-electron chi connectivity index (χ2n) is 4.15. The smallest absolute Gasteiger partial charge is 0.415 e. The summed E-state index contributed by atoms with van der Waals surface area (Å²) in [5.41, 5.74) is 0. The first kappa shape index (κ1) is 14.7. The Kier molecular flexibility index (Phi) is 4.79. The number of halogens is 3. The highest BCUT2D eigenvalue weighted by Gasteiger charge is 2.43. The molecule has 1 aliphatic rings. The normalized spacial score (nSPS) is 21.4. The summed E-state index contributed by atoms with van der Waals surface area (Å²) in [6.07, 6.45) is -4.51. The van der Waals surface area contributed by atoms with Crippen molar-refractivity contribution in [2.45, 2.75) is 50.5 Å². The summed E-state index contributed by atoms with van der Waals surface area (Å²) in [6.45, 7) is 0. The van der Waals surface area contributed by atoms with E-state index in [-0.39, 0.29) is 0 Å². The Labute approximate surface area is 97.9 Å². The molecule has 0 aliphatic heterocycles. The molecule has 0 aromatic rings. The molecule has 1 rings (SSSR count). The molecule has 1 fully saturated rings. The second kappa shape index (κ2) is 5.53. The molecule has 4 nitrogen and oxygen atoms in total. The van der Waals surface area contributed by atoms with E-state index >= 15 is 0 Å². The average Bonchev–Trinajstić information content (AvgIpc) is 2.15. The summed E-state index contributed by atoms with van der Waals surface area (Å²) in [5.74, 6) is -1.55. The average molecular weight is 275 g/mol. The zero-order chi connectivity index (χ0) is 13.1. The van der Waals surface area contributed by atoms with Gasteiger partial charge in [-0.1, -0.05) is 19.3 Å². The minimum Gasteiger partial charge on any atom is -0.748 e. The Morgan fingerprint density at radius 3 is 2.18 bits per heavy atom. The molecule has 1 saturated carbocycles. The third-order valence-corrected chi connectivity index (χ3v) is 3.34. The maximum absolute atomic E-state index is 12.5. The lowest BCUT2D eigenvalue weighted by Gasteiger charge is -2.29. The minimum absolute atomic E-state index is 0.478. The van der Waals surface area contributed by atoms with Gasteiger partial charge in [0.05, 0.1) is 22.0 Å². The van der Waals surface area contributed by atoms with Gasteiger partial charge in [0, 0.05) is 0 Å². The lowest BCUT2D eigenvalue weighted by Crippen LogP contribution is -2.41. The molecule has 0 aromatic heterocycles. The van der Waals surface area contributed by atoms with E-state index in [1.165, 1.54) is 0 Å². The summed E-state index contributed by atoms with van der Waals surface area (Å²) in [4.78, 5) is 0. The highest BCUT2D eigenvalue weighted by atomic mass is 32.2. The van der Waals surface area contributed by atoms with Crippen molar-refractivity contribution in [3.63, 3.8) is 0 Å². The fourth-order valence-electron chi connectivity index (χ4n) is 1.83. The number of hydrogen-bond donors (Lipinski definition) is 0. The van der Waals surface area contributed by atoms with E-state index in [1.807, 2.05) is 0 Å². The summed E-state index contributed by atoms with van der Waals surface area (Å²) < 4.78 is 73.3. The molecule has 17 heavy (non-hydrogen) atoms. The van der Waals surface area contributed by atoms with Crippen LogP contribution in [0.3, 0.4) is 0 Å². The van der Waals surface area contributed by atoms with Gasteiger partial charge in [0.2, 0.25) is 0 Å². The summed E-state index contributed by atoms with van der Waals surface area (Å²) in [7, 11) is -4.95. The number of hydrogen-bond acceptors (Lipinski definition) is 4. The number of alkyl halides is 3. The maximum Gasteiger partial charge on any atom is 0.415 e. The van der Waals surface area contributed by atoms with Gasteiger partial charge in [-0.15, -0.1) is 0 Å². The van der Waals surface area contributed by atoms with Gasteiger partial charge >= 0.3 is 6.18 Å². The summed E-state index contributed by atoms with van der Waals surface area (Å²) >= 11 is 0. The third kappa shape index (κ3) is 5.69. The lowest BCUT2D eigenvalue weighted by molar-refractivity contribution is -0.228. The molecule has 1 atom stereocenters. The molecule has 0 amide bonds. The van der Waals surface area contributed by atoms with E-state index < -0.39 is 34.3 Å². The van der Waals surface area contributed by atoms with Gasteiger partial charge in [0.25, 0.3) is 0 Å². The number of ether oxygens (including phenoxy) is 1. The topological polar surface area (TPSA) is 66.4 Å². The Balaban J connectivity index is 2.63. The first-order valence-electron chi connectivity index (χ1n) is 5.34. The first-order valence-corrected chi connectivity index (χ1v) is 6.92. The molecule has 0 saturated heterocycles. The van der Waals surface area contributed by atoms with E-state index in [4.69, 9.17) is 4.74 Å². The van der Waals surface area contributed by atoms with Crippen LogP contribution in [-0.4, -0.2) is 37.1 Å². The van der Waals surface area contributed by atoms with Crippen molar-refractivity contribution in [3.8, 4) is 0 Å².